The van der Waals surface area contributed by atoms with E-state index in [1.54, 1.807) is 6.08 Å². The summed E-state index contributed by atoms with van der Waals surface area (Å²) >= 11 is 0. The van der Waals surface area contributed by atoms with Crippen molar-refractivity contribution in [2.75, 3.05) is 5.75 Å². The maximum Gasteiger partial charge on any atom is 0.267 e. The number of nitrogens with one attached hydrogen (secondary N) is 1. The average Bonchev–Trinajstić information content (AvgIpc) is 3.08. The summed E-state index contributed by atoms with van der Waals surface area (Å²) in [5.41, 5.74) is 0. The average molecular weight is 718 g/mol. The van der Waals surface area contributed by atoms with Gasteiger partial charge in [0.2, 0.25) is 5.91 Å². The fraction of sp³-hybridized carbons (Fsp3) is 0.698. The van der Waals surface area contributed by atoms with E-state index >= 15 is 0 Å². The first-order valence-electron chi connectivity index (χ1n) is 20.1. The fourth-order valence-corrected chi connectivity index (χ4v) is 6.39. The predicted octanol–water partition coefficient (Wildman–Crippen LogP) is 11.8. The maximum atomic E-state index is 12.5. The summed E-state index contributed by atoms with van der Waals surface area (Å²) in [4.78, 5) is 12.5. The third kappa shape index (κ3) is 37.0. The van der Waals surface area contributed by atoms with Crippen LogP contribution in [0.4, 0.5) is 0 Å². The van der Waals surface area contributed by atoms with Crippen LogP contribution in [-0.4, -0.2) is 41.9 Å². The first kappa shape index (κ1) is 47.8. The molecule has 0 fully saturated rings. The molecule has 0 heterocycles. The quantitative estimate of drug-likeness (QED) is 0.0344. The Morgan fingerprint density at radius 2 is 0.960 bits per heavy atom. The van der Waals surface area contributed by atoms with Crippen LogP contribution in [0.25, 0.3) is 0 Å². The Hall–Kier alpha value is -2.22. The molecule has 0 aliphatic heterocycles. The van der Waals surface area contributed by atoms with E-state index in [0.717, 1.165) is 70.6 Å². The SMILES string of the molecule is CC/C=C\C/C=C\C/C=C\C/C=C\C/C=C\CCCCCC(=O)NC(CS(=O)(=O)O)C(O)/C=C/CCCCCCCCCCCCCCCC. The van der Waals surface area contributed by atoms with Crippen LogP contribution in [0.15, 0.2) is 72.9 Å². The van der Waals surface area contributed by atoms with Crippen molar-refractivity contribution < 1.29 is 22.9 Å². The van der Waals surface area contributed by atoms with E-state index < -0.39 is 28.0 Å². The second-order valence-corrected chi connectivity index (χ2v) is 15.0. The van der Waals surface area contributed by atoms with Gasteiger partial charge in [0.15, 0.2) is 0 Å². The van der Waals surface area contributed by atoms with E-state index in [0.29, 0.717) is 6.42 Å². The number of aliphatic hydroxyl groups excluding tert-OH is 1. The third-order valence-electron chi connectivity index (χ3n) is 8.64. The van der Waals surface area contributed by atoms with Crippen molar-refractivity contribution in [1.82, 2.24) is 5.32 Å². The van der Waals surface area contributed by atoms with Crippen molar-refractivity contribution in [3.8, 4) is 0 Å². The van der Waals surface area contributed by atoms with Crippen LogP contribution in [0.5, 0.6) is 0 Å². The molecule has 0 aromatic heterocycles. The van der Waals surface area contributed by atoms with Gasteiger partial charge in [0, 0.05) is 6.42 Å². The molecule has 1 amide bonds. The number of unbranched alkanes of at least 4 members (excludes halogenated alkanes) is 17. The van der Waals surface area contributed by atoms with Crippen molar-refractivity contribution in [3.63, 3.8) is 0 Å². The van der Waals surface area contributed by atoms with Gasteiger partial charge >= 0.3 is 0 Å². The Balaban J connectivity index is 4.04. The Labute approximate surface area is 308 Å². The van der Waals surface area contributed by atoms with Crippen molar-refractivity contribution in [2.45, 2.75) is 187 Å². The zero-order valence-electron chi connectivity index (χ0n) is 32.0. The highest BCUT2D eigenvalue weighted by Gasteiger charge is 2.24. The summed E-state index contributed by atoms with van der Waals surface area (Å²) in [5, 5.41) is 13.2. The number of aliphatic hydroxyl groups is 1. The zero-order chi connectivity index (χ0) is 36.8. The minimum atomic E-state index is -4.36. The topological polar surface area (TPSA) is 104 Å². The number of carbonyl (C=O) groups excluding carboxylic acids is 1. The summed E-state index contributed by atoms with van der Waals surface area (Å²) in [7, 11) is -4.36. The van der Waals surface area contributed by atoms with E-state index in [1.807, 2.05) is 6.08 Å². The molecule has 2 unspecified atom stereocenters. The highest BCUT2D eigenvalue weighted by molar-refractivity contribution is 7.85. The number of hydrogen-bond acceptors (Lipinski definition) is 4. The van der Waals surface area contributed by atoms with E-state index in [2.05, 4.69) is 79.9 Å². The van der Waals surface area contributed by atoms with Crippen LogP contribution in [0.2, 0.25) is 0 Å². The summed E-state index contributed by atoms with van der Waals surface area (Å²) in [6.45, 7) is 4.40. The smallest absolute Gasteiger partial charge is 0.267 e. The van der Waals surface area contributed by atoms with Gasteiger partial charge in [0.1, 0.15) is 0 Å². The first-order chi connectivity index (χ1) is 24.3. The van der Waals surface area contributed by atoms with E-state index in [1.165, 1.54) is 77.0 Å². The summed E-state index contributed by atoms with van der Waals surface area (Å²) in [6.07, 6.45) is 51.7. The molecule has 0 bridgehead atoms. The number of hydrogen-bond donors (Lipinski definition) is 3. The second-order valence-electron chi connectivity index (χ2n) is 13.5. The Morgan fingerprint density at radius 3 is 1.42 bits per heavy atom. The van der Waals surface area contributed by atoms with Gasteiger partial charge in [-0.2, -0.15) is 8.42 Å². The predicted molar refractivity (Wildman–Crippen MR) is 216 cm³/mol. The molecular formula is C43H75NO5S. The molecule has 0 aromatic carbocycles. The van der Waals surface area contributed by atoms with Gasteiger partial charge in [-0.25, -0.2) is 0 Å². The number of allylic oxidation sites excluding steroid dienone is 11. The number of carbonyl (C=O) groups is 1. The third-order valence-corrected chi connectivity index (χ3v) is 9.42. The van der Waals surface area contributed by atoms with Gasteiger partial charge in [0.05, 0.1) is 17.9 Å². The fourth-order valence-electron chi connectivity index (χ4n) is 5.65. The Morgan fingerprint density at radius 1 is 0.560 bits per heavy atom. The summed E-state index contributed by atoms with van der Waals surface area (Å²) < 4.78 is 32.5. The lowest BCUT2D eigenvalue weighted by Crippen LogP contribution is -2.46. The minimum absolute atomic E-state index is 0.253. The van der Waals surface area contributed by atoms with Crippen molar-refractivity contribution in [2.24, 2.45) is 0 Å². The standard InChI is InChI=1S/C43H75NO5S/c1-3-5-7-9-11-13-15-17-19-21-22-23-25-27-29-31-33-35-37-39-43(46)44-41(40-50(47,48)49)42(45)38-36-34-32-30-28-26-24-20-18-16-14-12-10-8-6-4-2/h5,7,11,13,17,19,22-23,27,29,36,38,41-42,45H,3-4,6,8-10,12,14-16,18,20-21,24-26,28,30-35,37,39-40H2,1-2H3,(H,44,46)(H,47,48,49)/b7-5-,13-11-,19-17-,23-22-,29-27-,38-36+. The molecule has 3 N–H and O–H groups in total. The molecule has 0 aromatic rings. The molecule has 0 radical (unpaired) electrons. The highest BCUT2D eigenvalue weighted by Crippen LogP contribution is 2.14. The van der Waals surface area contributed by atoms with Crippen LogP contribution >= 0.6 is 0 Å². The highest BCUT2D eigenvalue weighted by atomic mass is 32.2. The molecular weight excluding hydrogens is 643 g/mol. The largest absolute Gasteiger partial charge is 0.387 e. The monoisotopic (exact) mass is 718 g/mol. The van der Waals surface area contributed by atoms with Crippen LogP contribution in [-0.2, 0) is 14.9 Å². The number of amides is 1. The lowest BCUT2D eigenvalue weighted by atomic mass is 10.0. The zero-order valence-corrected chi connectivity index (χ0v) is 32.8. The molecule has 0 aliphatic rings. The van der Waals surface area contributed by atoms with Gasteiger partial charge in [0.25, 0.3) is 10.1 Å². The molecule has 0 rings (SSSR count). The minimum Gasteiger partial charge on any atom is -0.387 e. The van der Waals surface area contributed by atoms with Crippen LogP contribution in [0.3, 0.4) is 0 Å². The molecule has 2 atom stereocenters. The van der Waals surface area contributed by atoms with Gasteiger partial charge in [-0.15, -0.1) is 0 Å². The van der Waals surface area contributed by atoms with Gasteiger partial charge in [-0.3, -0.25) is 9.35 Å². The lowest BCUT2D eigenvalue weighted by molar-refractivity contribution is -0.122. The van der Waals surface area contributed by atoms with E-state index in [-0.39, 0.29) is 12.3 Å². The van der Waals surface area contributed by atoms with Crippen molar-refractivity contribution in [3.05, 3.63) is 72.9 Å². The maximum absolute atomic E-state index is 12.5. The molecule has 7 heteroatoms. The summed E-state index contributed by atoms with van der Waals surface area (Å²) in [5.74, 6) is -1.03. The van der Waals surface area contributed by atoms with Gasteiger partial charge in [-0.05, 0) is 64.2 Å². The molecule has 6 nitrogen and oxygen atoms in total. The molecule has 0 saturated carbocycles. The molecule has 0 aliphatic carbocycles. The Kier molecular flexibility index (Phi) is 34.9. The second kappa shape index (κ2) is 36.6. The summed E-state index contributed by atoms with van der Waals surface area (Å²) in [6, 6.07) is -1.08. The lowest BCUT2D eigenvalue weighted by Gasteiger charge is -2.21. The molecule has 0 spiro atoms. The van der Waals surface area contributed by atoms with Gasteiger partial charge in [-0.1, -0.05) is 177 Å². The molecule has 0 saturated heterocycles. The normalized spacial score (nSPS) is 14.1. The van der Waals surface area contributed by atoms with Crippen LogP contribution < -0.4 is 5.32 Å². The van der Waals surface area contributed by atoms with Crippen molar-refractivity contribution >= 4 is 16.0 Å². The molecule has 50 heavy (non-hydrogen) atoms. The van der Waals surface area contributed by atoms with Crippen molar-refractivity contribution in [1.29, 1.82) is 0 Å². The Bertz CT molecular complexity index is 1060. The molecule has 288 valence electrons. The van der Waals surface area contributed by atoms with E-state index in [9.17, 15) is 22.9 Å². The number of rotatable bonds is 35. The van der Waals surface area contributed by atoms with Crippen LogP contribution in [0.1, 0.15) is 174 Å². The van der Waals surface area contributed by atoms with Gasteiger partial charge < -0.3 is 10.4 Å². The van der Waals surface area contributed by atoms with Crippen LogP contribution in [0, 0.1) is 0 Å². The van der Waals surface area contributed by atoms with E-state index in [4.69, 9.17) is 0 Å². The first-order valence-corrected chi connectivity index (χ1v) is 21.7.